The fourth-order valence-corrected chi connectivity index (χ4v) is 2.97. The van der Waals surface area contributed by atoms with Gasteiger partial charge in [-0.1, -0.05) is 12.1 Å². The van der Waals surface area contributed by atoms with E-state index in [2.05, 4.69) is 0 Å². The largest absolute Gasteiger partial charge is 0.416 e. The molecule has 1 amide bonds. The van der Waals surface area contributed by atoms with E-state index in [0.29, 0.717) is 24.5 Å². The maximum absolute atomic E-state index is 13.4. The summed E-state index contributed by atoms with van der Waals surface area (Å²) in [6.45, 7) is 1.61. The highest BCUT2D eigenvalue weighted by molar-refractivity contribution is 5.95. The summed E-state index contributed by atoms with van der Waals surface area (Å²) in [6.07, 6.45) is -3.09. The summed E-state index contributed by atoms with van der Waals surface area (Å²) < 4.78 is 65.7. The molecule has 0 aromatic heterocycles. The molecule has 0 bridgehead atoms. The zero-order valence-electron chi connectivity index (χ0n) is 13.9. The minimum Gasteiger partial charge on any atom is -0.329 e. The maximum atomic E-state index is 13.4. The minimum atomic E-state index is -4.49. The fraction of sp³-hybridized carbons (Fsp3) is 0.316. The zero-order valence-corrected chi connectivity index (χ0v) is 13.9. The summed E-state index contributed by atoms with van der Waals surface area (Å²) in [5.41, 5.74) is -0.646. The Morgan fingerprint density at radius 1 is 1.08 bits per heavy atom. The first-order chi connectivity index (χ1) is 12.2. The van der Waals surface area contributed by atoms with Gasteiger partial charge in [0.05, 0.1) is 11.6 Å². The molecule has 1 aliphatic carbocycles. The van der Waals surface area contributed by atoms with Crippen LogP contribution in [0.5, 0.6) is 0 Å². The number of alkyl halides is 3. The molecule has 1 fully saturated rings. The van der Waals surface area contributed by atoms with Crippen LogP contribution in [0.25, 0.3) is 0 Å². The lowest BCUT2D eigenvalue weighted by Gasteiger charge is -2.30. The lowest BCUT2D eigenvalue weighted by atomic mass is 10.0. The number of halogens is 5. The third kappa shape index (κ3) is 3.86. The van der Waals surface area contributed by atoms with Crippen LogP contribution < -0.4 is 0 Å². The maximum Gasteiger partial charge on any atom is 0.416 e. The molecule has 0 N–H and O–H groups in total. The van der Waals surface area contributed by atoms with Crippen molar-refractivity contribution in [2.75, 3.05) is 0 Å². The molecule has 138 valence electrons. The third-order valence-electron chi connectivity index (χ3n) is 4.40. The van der Waals surface area contributed by atoms with Crippen LogP contribution in [0.1, 0.15) is 47.3 Å². The number of nitrogens with zero attached hydrogens (tertiary/aromatic N) is 1. The van der Waals surface area contributed by atoms with Crippen LogP contribution in [0.2, 0.25) is 0 Å². The first-order valence-corrected chi connectivity index (χ1v) is 8.12. The van der Waals surface area contributed by atoms with Crippen molar-refractivity contribution in [3.63, 3.8) is 0 Å². The molecule has 0 aliphatic heterocycles. The van der Waals surface area contributed by atoms with Gasteiger partial charge in [0.2, 0.25) is 0 Å². The van der Waals surface area contributed by atoms with Crippen molar-refractivity contribution >= 4 is 5.91 Å². The molecule has 0 heterocycles. The number of amides is 1. The predicted molar refractivity (Wildman–Crippen MR) is 85.4 cm³/mol. The molecule has 1 aliphatic rings. The number of hydrogen-bond donors (Lipinski definition) is 0. The SMILES string of the molecule is CC(c1cccc(C(F)(F)F)c1)N(C(=O)c1cc(F)cc(F)c1)C1CC1. The molecule has 1 atom stereocenters. The van der Waals surface area contributed by atoms with Gasteiger partial charge in [0.25, 0.3) is 5.91 Å². The van der Waals surface area contributed by atoms with Crippen molar-refractivity contribution in [1.82, 2.24) is 4.90 Å². The van der Waals surface area contributed by atoms with E-state index in [4.69, 9.17) is 0 Å². The van der Waals surface area contributed by atoms with Crippen molar-refractivity contribution < 1.29 is 26.7 Å². The second-order valence-electron chi connectivity index (χ2n) is 6.40. The summed E-state index contributed by atoms with van der Waals surface area (Å²) in [4.78, 5) is 14.2. The van der Waals surface area contributed by atoms with Crippen molar-refractivity contribution in [3.05, 3.63) is 70.8 Å². The van der Waals surface area contributed by atoms with E-state index in [1.807, 2.05) is 0 Å². The Balaban J connectivity index is 1.94. The molecule has 0 spiro atoms. The van der Waals surface area contributed by atoms with Crippen molar-refractivity contribution in [2.24, 2.45) is 0 Å². The van der Waals surface area contributed by atoms with E-state index in [9.17, 15) is 26.7 Å². The summed E-state index contributed by atoms with van der Waals surface area (Å²) in [6, 6.07) is 6.46. The molecule has 7 heteroatoms. The Bertz CT molecular complexity index is 809. The van der Waals surface area contributed by atoms with E-state index in [1.165, 1.54) is 17.0 Å². The number of rotatable bonds is 4. The van der Waals surface area contributed by atoms with E-state index < -0.39 is 35.3 Å². The highest BCUT2D eigenvalue weighted by Crippen LogP contribution is 2.37. The van der Waals surface area contributed by atoms with Crippen LogP contribution in [0.4, 0.5) is 22.0 Å². The highest BCUT2D eigenvalue weighted by Gasteiger charge is 2.38. The average Bonchev–Trinajstić information content (AvgIpc) is 3.38. The number of carbonyl (C=O) groups excluding carboxylic acids is 1. The van der Waals surface area contributed by atoms with Crippen molar-refractivity contribution in [3.8, 4) is 0 Å². The molecule has 3 rings (SSSR count). The monoisotopic (exact) mass is 369 g/mol. The topological polar surface area (TPSA) is 20.3 Å². The molecule has 0 radical (unpaired) electrons. The van der Waals surface area contributed by atoms with Crippen LogP contribution in [-0.4, -0.2) is 16.8 Å². The van der Waals surface area contributed by atoms with Crippen LogP contribution >= 0.6 is 0 Å². The number of carbonyl (C=O) groups is 1. The molecular weight excluding hydrogens is 353 g/mol. The lowest BCUT2D eigenvalue weighted by Crippen LogP contribution is -2.35. The summed E-state index contributed by atoms with van der Waals surface area (Å²) >= 11 is 0. The average molecular weight is 369 g/mol. The molecule has 1 saturated carbocycles. The molecule has 0 saturated heterocycles. The number of benzene rings is 2. The van der Waals surface area contributed by atoms with Gasteiger partial charge in [-0.15, -0.1) is 0 Å². The first-order valence-electron chi connectivity index (χ1n) is 8.12. The Morgan fingerprint density at radius 2 is 1.69 bits per heavy atom. The third-order valence-corrected chi connectivity index (χ3v) is 4.40. The minimum absolute atomic E-state index is 0.154. The molecule has 26 heavy (non-hydrogen) atoms. The quantitative estimate of drug-likeness (QED) is 0.666. The summed E-state index contributed by atoms with van der Waals surface area (Å²) in [5, 5.41) is 0. The highest BCUT2D eigenvalue weighted by atomic mass is 19.4. The Morgan fingerprint density at radius 3 is 2.23 bits per heavy atom. The molecular formula is C19H16F5NO. The van der Waals surface area contributed by atoms with Gasteiger partial charge in [-0.2, -0.15) is 13.2 Å². The standard InChI is InChI=1S/C19H16F5NO/c1-11(12-3-2-4-14(7-12)19(22,23)24)25(17-5-6-17)18(26)13-8-15(20)10-16(21)9-13/h2-4,7-11,17H,5-6H2,1H3. The molecule has 1 unspecified atom stereocenters. The van der Waals surface area contributed by atoms with E-state index >= 15 is 0 Å². The van der Waals surface area contributed by atoms with Gasteiger partial charge in [-0.25, -0.2) is 8.78 Å². The summed E-state index contributed by atoms with van der Waals surface area (Å²) in [5.74, 6) is -2.36. The molecule has 2 aromatic carbocycles. The van der Waals surface area contributed by atoms with Crippen LogP contribution in [0, 0.1) is 11.6 Å². The Kier molecular flexibility index (Phi) is 4.73. The summed E-state index contributed by atoms with van der Waals surface area (Å²) in [7, 11) is 0. The second-order valence-corrected chi connectivity index (χ2v) is 6.40. The zero-order chi connectivity index (χ0) is 19.1. The Hall–Kier alpha value is -2.44. The lowest BCUT2D eigenvalue weighted by molar-refractivity contribution is -0.137. The normalized spacial score (nSPS) is 15.6. The van der Waals surface area contributed by atoms with Crippen molar-refractivity contribution in [1.29, 1.82) is 0 Å². The van der Waals surface area contributed by atoms with E-state index in [-0.39, 0.29) is 11.6 Å². The van der Waals surface area contributed by atoms with Gasteiger partial charge < -0.3 is 4.90 Å². The van der Waals surface area contributed by atoms with Gasteiger partial charge in [0.15, 0.2) is 0 Å². The number of hydrogen-bond acceptors (Lipinski definition) is 1. The first kappa shape index (κ1) is 18.4. The smallest absolute Gasteiger partial charge is 0.329 e. The van der Waals surface area contributed by atoms with Gasteiger partial charge >= 0.3 is 6.18 Å². The van der Waals surface area contributed by atoms with Crippen LogP contribution in [0.3, 0.4) is 0 Å². The van der Waals surface area contributed by atoms with Crippen LogP contribution in [-0.2, 0) is 6.18 Å². The van der Waals surface area contributed by atoms with Crippen molar-refractivity contribution in [2.45, 2.75) is 38.0 Å². The van der Waals surface area contributed by atoms with Gasteiger partial charge in [0, 0.05) is 17.7 Å². The molecule has 2 nitrogen and oxygen atoms in total. The van der Waals surface area contributed by atoms with E-state index in [0.717, 1.165) is 24.3 Å². The van der Waals surface area contributed by atoms with E-state index in [1.54, 1.807) is 6.92 Å². The second kappa shape index (κ2) is 6.70. The van der Waals surface area contributed by atoms with Gasteiger partial charge in [0.1, 0.15) is 11.6 Å². The molecule has 2 aromatic rings. The van der Waals surface area contributed by atoms with Gasteiger partial charge in [-0.3, -0.25) is 4.79 Å². The Labute approximate surface area is 147 Å². The van der Waals surface area contributed by atoms with Crippen LogP contribution in [0.15, 0.2) is 42.5 Å². The predicted octanol–water partition coefficient (Wildman–Crippen LogP) is 5.35. The fourth-order valence-electron chi connectivity index (χ4n) is 2.97. The van der Waals surface area contributed by atoms with Gasteiger partial charge in [-0.05, 0) is 49.6 Å².